The van der Waals surface area contributed by atoms with Crippen LogP contribution in [0, 0.1) is 5.41 Å². The molecule has 3 N–H and O–H groups in total. The van der Waals surface area contributed by atoms with Gasteiger partial charge < -0.3 is 20.5 Å². The number of amides is 1. The number of hydrogen-bond acceptors (Lipinski definition) is 4. The van der Waals surface area contributed by atoms with Gasteiger partial charge in [0.25, 0.3) is 0 Å². The standard InChI is InChI=1S/C17H34N2O3/c1-15(2,3)22-14(21)19-16(4,5)11-18-12-17(13-20)9-7-6-8-10-17/h18,20H,6-13H2,1-5H3,(H,19,21). The second-order valence-electron chi connectivity index (χ2n) is 8.33. The molecule has 1 saturated carbocycles. The number of aliphatic hydroxyl groups is 1. The summed E-state index contributed by atoms with van der Waals surface area (Å²) >= 11 is 0. The molecule has 1 amide bonds. The lowest BCUT2D eigenvalue weighted by molar-refractivity contribution is 0.0463. The number of ether oxygens (including phenoxy) is 1. The molecule has 0 unspecified atom stereocenters. The van der Waals surface area contributed by atoms with E-state index in [0.717, 1.165) is 19.4 Å². The van der Waals surface area contributed by atoms with Crippen molar-refractivity contribution in [2.24, 2.45) is 5.41 Å². The Kier molecular flexibility index (Phi) is 6.68. The van der Waals surface area contributed by atoms with Gasteiger partial charge in [0.15, 0.2) is 0 Å². The summed E-state index contributed by atoms with van der Waals surface area (Å²) in [4.78, 5) is 11.9. The third-order valence-electron chi connectivity index (χ3n) is 4.16. The first-order valence-electron chi connectivity index (χ1n) is 8.40. The van der Waals surface area contributed by atoms with Gasteiger partial charge in [0.1, 0.15) is 5.60 Å². The zero-order valence-corrected chi connectivity index (χ0v) is 14.9. The van der Waals surface area contributed by atoms with Gasteiger partial charge in [0.05, 0.1) is 5.54 Å². The van der Waals surface area contributed by atoms with E-state index in [1.54, 1.807) is 0 Å². The molecule has 5 nitrogen and oxygen atoms in total. The molecule has 130 valence electrons. The number of alkyl carbamates (subject to hydrolysis) is 1. The molecule has 22 heavy (non-hydrogen) atoms. The molecular formula is C17H34N2O3. The van der Waals surface area contributed by atoms with E-state index in [4.69, 9.17) is 4.74 Å². The normalized spacial score (nSPS) is 18.8. The number of nitrogens with one attached hydrogen (secondary N) is 2. The van der Waals surface area contributed by atoms with Crippen LogP contribution in [-0.4, -0.2) is 42.0 Å². The molecule has 0 bridgehead atoms. The topological polar surface area (TPSA) is 70.6 Å². The summed E-state index contributed by atoms with van der Waals surface area (Å²) in [6.45, 7) is 11.2. The van der Waals surface area contributed by atoms with Crippen LogP contribution in [0.15, 0.2) is 0 Å². The van der Waals surface area contributed by atoms with Crippen molar-refractivity contribution in [3.63, 3.8) is 0 Å². The molecule has 0 radical (unpaired) electrons. The van der Waals surface area contributed by atoms with Gasteiger partial charge in [0, 0.05) is 25.1 Å². The van der Waals surface area contributed by atoms with Crippen LogP contribution in [-0.2, 0) is 4.74 Å². The molecule has 0 atom stereocenters. The lowest BCUT2D eigenvalue weighted by Crippen LogP contribution is -2.53. The Labute approximate surface area is 135 Å². The van der Waals surface area contributed by atoms with Crippen LogP contribution in [0.3, 0.4) is 0 Å². The quantitative estimate of drug-likeness (QED) is 0.705. The molecule has 5 heteroatoms. The van der Waals surface area contributed by atoms with Crippen molar-refractivity contribution in [3.8, 4) is 0 Å². The predicted octanol–water partition coefficient (Wildman–Crippen LogP) is 2.82. The highest BCUT2D eigenvalue weighted by Gasteiger charge is 2.32. The van der Waals surface area contributed by atoms with Crippen molar-refractivity contribution in [1.29, 1.82) is 0 Å². The second-order valence-corrected chi connectivity index (χ2v) is 8.33. The van der Waals surface area contributed by atoms with Gasteiger partial charge in [-0.05, 0) is 47.5 Å². The Bertz CT molecular complexity index is 355. The molecular weight excluding hydrogens is 280 g/mol. The third-order valence-corrected chi connectivity index (χ3v) is 4.16. The zero-order valence-electron chi connectivity index (χ0n) is 14.9. The van der Waals surface area contributed by atoms with Crippen LogP contribution in [0.2, 0.25) is 0 Å². The molecule has 1 rings (SSSR count). The molecule has 0 heterocycles. The van der Waals surface area contributed by atoms with Gasteiger partial charge in [-0.1, -0.05) is 19.3 Å². The number of carbonyl (C=O) groups excluding carboxylic acids is 1. The molecule has 0 spiro atoms. The molecule has 0 saturated heterocycles. The summed E-state index contributed by atoms with van der Waals surface area (Å²) in [6, 6.07) is 0. The van der Waals surface area contributed by atoms with Crippen molar-refractivity contribution < 1.29 is 14.6 Å². The van der Waals surface area contributed by atoms with Gasteiger partial charge in [-0.3, -0.25) is 0 Å². The zero-order chi connectivity index (χ0) is 16.9. The Hall–Kier alpha value is -0.810. The van der Waals surface area contributed by atoms with Crippen molar-refractivity contribution in [2.45, 2.75) is 77.9 Å². The summed E-state index contributed by atoms with van der Waals surface area (Å²) in [6.07, 6.45) is 5.43. The third kappa shape index (κ3) is 6.97. The SMILES string of the molecule is CC(C)(CNCC1(CO)CCCCC1)NC(=O)OC(C)(C)C. The van der Waals surface area contributed by atoms with Gasteiger partial charge >= 0.3 is 6.09 Å². The van der Waals surface area contributed by atoms with E-state index in [0.29, 0.717) is 6.54 Å². The van der Waals surface area contributed by atoms with E-state index >= 15 is 0 Å². The largest absolute Gasteiger partial charge is 0.444 e. The van der Waals surface area contributed by atoms with E-state index in [1.165, 1.54) is 19.3 Å². The van der Waals surface area contributed by atoms with Gasteiger partial charge in [-0.2, -0.15) is 0 Å². The summed E-state index contributed by atoms with van der Waals surface area (Å²) in [5.74, 6) is 0. The first-order valence-corrected chi connectivity index (χ1v) is 8.40. The van der Waals surface area contributed by atoms with Crippen LogP contribution in [0.1, 0.15) is 66.7 Å². The van der Waals surface area contributed by atoms with Crippen molar-refractivity contribution in [3.05, 3.63) is 0 Å². The number of rotatable bonds is 6. The fraction of sp³-hybridized carbons (Fsp3) is 0.941. The Balaban J connectivity index is 2.39. The van der Waals surface area contributed by atoms with E-state index in [2.05, 4.69) is 10.6 Å². The Morgan fingerprint density at radius 1 is 1.14 bits per heavy atom. The maximum absolute atomic E-state index is 11.9. The molecule has 0 aromatic rings. The second kappa shape index (κ2) is 7.64. The first kappa shape index (κ1) is 19.2. The smallest absolute Gasteiger partial charge is 0.408 e. The van der Waals surface area contributed by atoms with Gasteiger partial charge in [-0.25, -0.2) is 4.79 Å². The van der Waals surface area contributed by atoms with Crippen molar-refractivity contribution in [1.82, 2.24) is 10.6 Å². The molecule has 0 aliphatic heterocycles. The first-order chi connectivity index (χ1) is 10.1. The molecule has 0 aromatic heterocycles. The predicted molar refractivity (Wildman–Crippen MR) is 88.9 cm³/mol. The van der Waals surface area contributed by atoms with Crippen LogP contribution < -0.4 is 10.6 Å². The lowest BCUT2D eigenvalue weighted by Gasteiger charge is -2.37. The maximum atomic E-state index is 11.9. The number of carbonyl (C=O) groups is 1. The van der Waals surface area contributed by atoms with Crippen molar-refractivity contribution >= 4 is 6.09 Å². The molecule has 1 aliphatic carbocycles. The van der Waals surface area contributed by atoms with Gasteiger partial charge in [-0.15, -0.1) is 0 Å². The average molecular weight is 314 g/mol. The van der Waals surface area contributed by atoms with Crippen LogP contribution in [0.25, 0.3) is 0 Å². The van der Waals surface area contributed by atoms with E-state index in [9.17, 15) is 9.90 Å². The molecule has 0 aromatic carbocycles. The average Bonchev–Trinajstić information content (AvgIpc) is 2.36. The summed E-state index contributed by atoms with van der Waals surface area (Å²) in [5, 5.41) is 16.0. The minimum absolute atomic E-state index is 0.0141. The molecule has 1 fully saturated rings. The van der Waals surface area contributed by atoms with E-state index in [1.807, 2.05) is 34.6 Å². The van der Waals surface area contributed by atoms with Crippen LogP contribution >= 0.6 is 0 Å². The summed E-state index contributed by atoms with van der Waals surface area (Å²) in [5.41, 5.74) is -0.871. The summed E-state index contributed by atoms with van der Waals surface area (Å²) in [7, 11) is 0. The highest BCUT2D eigenvalue weighted by molar-refractivity contribution is 5.68. The summed E-state index contributed by atoms with van der Waals surface area (Å²) < 4.78 is 5.29. The minimum Gasteiger partial charge on any atom is -0.444 e. The Morgan fingerprint density at radius 3 is 2.23 bits per heavy atom. The van der Waals surface area contributed by atoms with Crippen LogP contribution in [0.5, 0.6) is 0 Å². The van der Waals surface area contributed by atoms with Crippen molar-refractivity contribution in [2.75, 3.05) is 19.7 Å². The fourth-order valence-electron chi connectivity index (χ4n) is 2.96. The highest BCUT2D eigenvalue weighted by atomic mass is 16.6. The fourth-order valence-corrected chi connectivity index (χ4v) is 2.96. The highest BCUT2D eigenvalue weighted by Crippen LogP contribution is 2.35. The monoisotopic (exact) mass is 314 g/mol. The van der Waals surface area contributed by atoms with Gasteiger partial charge in [0.2, 0.25) is 0 Å². The van der Waals surface area contributed by atoms with E-state index < -0.39 is 17.2 Å². The van der Waals surface area contributed by atoms with Crippen LogP contribution in [0.4, 0.5) is 4.79 Å². The maximum Gasteiger partial charge on any atom is 0.408 e. The van der Waals surface area contributed by atoms with E-state index in [-0.39, 0.29) is 12.0 Å². The minimum atomic E-state index is -0.489. The molecule has 1 aliphatic rings. The number of aliphatic hydroxyl groups excluding tert-OH is 1. The lowest BCUT2D eigenvalue weighted by atomic mass is 9.74. The number of hydrogen-bond donors (Lipinski definition) is 3. The Morgan fingerprint density at radius 2 is 1.73 bits per heavy atom.